The van der Waals surface area contributed by atoms with E-state index in [1.54, 1.807) is 0 Å². The molecular weight excluding hydrogens is 131 g/mol. The van der Waals surface area contributed by atoms with Crippen LogP contribution in [0.1, 0.15) is 25.7 Å². The first-order valence-corrected chi connectivity index (χ1v) is 3.58. The van der Waals surface area contributed by atoms with Crippen molar-refractivity contribution < 1.29 is 14.8 Å². The summed E-state index contributed by atoms with van der Waals surface area (Å²) >= 11 is 0. The Morgan fingerprint density at radius 2 is 1.80 bits per heavy atom. The maximum absolute atomic E-state index is 10.7. The highest BCUT2D eigenvalue weighted by molar-refractivity contribution is 6.43. The molecule has 0 aromatic carbocycles. The minimum absolute atomic E-state index is 0.0716. The van der Waals surface area contributed by atoms with Crippen LogP contribution < -0.4 is 0 Å². The van der Waals surface area contributed by atoms with E-state index in [4.69, 9.17) is 10.0 Å². The molecule has 0 spiro atoms. The second-order valence-electron chi connectivity index (χ2n) is 2.79. The van der Waals surface area contributed by atoms with Crippen molar-refractivity contribution in [2.45, 2.75) is 31.5 Å². The van der Waals surface area contributed by atoms with Gasteiger partial charge in [-0.05, 0) is 18.7 Å². The predicted octanol–water partition coefficient (Wildman–Crippen LogP) is -0.0275. The van der Waals surface area contributed by atoms with E-state index in [1.165, 1.54) is 0 Å². The Hall–Kier alpha value is -0.345. The molecule has 10 heavy (non-hydrogen) atoms. The molecule has 4 heteroatoms. The summed E-state index contributed by atoms with van der Waals surface area (Å²) < 4.78 is 0. The van der Waals surface area contributed by atoms with Gasteiger partial charge in [-0.3, -0.25) is 4.79 Å². The van der Waals surface area contributed by atoms with Crippen molar-refractivity contribution in [3.8, 4) is 0 Å². The largest absolute Gasteiger partial charge is 0.454 e. The zero-order chi connectivity index (χ0) is 7.56. The van der Waals surface area contributed by atoms with Crippen molar-refractivity contribution >= 4 is 12.9 Å². The summed E-state index contributed by atoms with van der Waals surface area (Å²) in [4.78, 5) is 10.7. The third-order valence-corrected chi connectivity index (χ3v) is 2.01. The lowest BCUT2D eigenvalue weighted by Gasteiger charge is -2.18. The molecule has 1 aliphatic carbocycles. The molecule has 1 saturated carbocycles. The van der Waals surface area contributed by atoms with E-state index in [1.807, 2.05) is 0 Å². The van der Waals surface area contributed by atoms with Crippen LogP contribution in [0.15, 0.2) is 0 Å². The quantitative estimate of drug-likeness (QED) is 0.505. The number of rotatable bonds is 1. The molecule has 0 atom stereocenters. The molecule has 56 valence electrons. The Morgan fingerprint density at radius 1 is 1.30 bits per heavy atom. The standard InChI is InChI=1S/C6H11BO3/c8-6-3-1-5(2-4-6)7(9)10/h5,9-10H,1-4H2. The predicted molar refractivity (Wildman–Crippen MR) is 37.4 cm³/mol. The number of hydrogen-bond donors (Lipinski definition) is 2. The van der Waals surface area contributed by atoms with Crippen LogP contribution in [0.2, 0.25) is 5.82 Å². The van der Waals surface area contributed by atoms with Crippen LogP contribution >= 0.6 is 0 Å². The van der Waals surface area contributed by atoms with E-state index < -0.39 is 7.12 Å². The van der Waals surface area contributed by atoms with Crippen molar-refractivity contribution in [2.75, 3.05) is 0 Å². The first-order valence-electron chi connectivity index (χ1n) is 3.58. The molecule has 0 radical (unpaired) electrons. The molecular formula is C6H11BO3. The Kier molecular flexibility index (Phi) is 2.46. The van der Waals surface area contributed by atoms with Gasteiger partial charge in [-0.15, -0.1) is 0 Å². The topological polar surface area (TPSA) is 57.5 Å². The lowest BCUT2D eigenvalue weighted by atomic mass is 9.65. The maximum Gasteiger partial charge on any atom is 0.454 e. The summed E-state index contributed by atoms with van der Waals surface area (Å²) in [5.41, 5.74) is 0. The van der Waals surface area contributed by atoms with E-state index in [0.29, 0.717) is 25.7 Å². The molecule has 0 unspecified atom stereocenters. The van der Waals surface area contributed by atoms with Gasteiger partial charge in [0.1, 0.15) is 5.78 Å². The molecule has 0 amide bonds. The summed E-state index contributed by atoms with van der Waals surface area (Å²) in [7, 11) is -1.23. The Labute approximate surface area is 60.2 Å². The second kappa shape index (κ2) is 3.17. The van der Waals surface area contributed by atoms with Gasteiger partial charge in [-0.1, -0.05) is 0 Å². The van der Waals surface area contributed by atoms with Gasteiger partial charge in [0.25, 0.3) is 0 Å². The molecule has 0 saturated heterocycles. The minimum Gasteiger partial charge on any atom is -0.427 e. The zero-order valence-corrected chi connectivity index (χ0v) is 5.79. The average molecular weight is 142 g/mol. The first kappa shape index (κ1) is 7.76. The lowest BCUT2D eigenvalue weighted by molar-refractivity contribution is -0.120. The molecule has 0 bridgehead atoms. The SMILES string of the molecule is O=C1CCC(B(O)O)CC1. The van der Waals surface area contributed by atoms with E-state index in [2.05, 4.69) is 0 Å². The Bertz CT molecular complexity index is 125. The van der Waals surface area contributed by atoms with Gasteiger partial charge >= 0.3 is 7.12 Å². The molecule has 1 rings (SSSR count). The molecule has 1 aliphatic rings. The van der Waals surface area contributed by atoms with E-state index in [9.17, 15) is 4.79 Å². The first-order chi connectivity index (χ1) is 4.70. The normalized spacial score (nSPS) is 21.2. The van der Waals surface area contributed by atoms with Gasteiger partial charge in [-0.2, -0.15) is 0 Å². The second-order valence-corrected chi connectivity index (χ2v) is 2.79. The third-order valence-electron chi connectivity index (χ3n) is 2.01. The highest BCUT2D eigenvalue weighted by atomic mass is 16.4. The van der Waals surface area contributed by atoms with Gasteiger partial charge in [0, 0.05) is 12.8 Å². The van der Waals surface area contributed by atoms with Crippen molar-refractivity contribution in [2.24, 2.45) is 0 Å². The molecule has 0 aliphatic heterocycles. The monoisotopic (exact) mass is 142 g/mol. The molecule has 0 aromatic heterocycles. The van der Waals surface area contributed by atoms with E-state index in [0.717, 1.165) is 0 Å². The molecule has 3 nitrogen and oxygen atoms in total. The summed E-state index contributed by atoms with van der Waals surface area (Å²) in [5, 5.41) is 17.4. The number of carbonyl (C=O) groups excluding carboxylic acids is 1. The number of hydrogen-bond acceptors (Lipinski definition) is 3. The zero-order valence-electron chi connectivity index (χ0n) is 5.79. The van der Waals surface area contributed by atoms with Crippen LogP contribution in [-0.2, 0) is 4.79 Å². The van der Waals surface area contributed by atoms with E-state index >= 15 is 0 Å². The van der Waals surface area contributed by atoms with Crippen LogP contribution in [0, 0.1) is 0 Å². The number of carbonyl (C=O) groups is 1. The molecule has 2 N–H and O–H groups in total. The fourth-order valence-corrected chi connectivity index (χ4v) is 1.26. The fraction of sp³-hybridized carbons (Fsp3) is 0.833. The third kappa shape index (κ3) is 1.82. The molecule has 1 fully saturated rings. The summed E-state index contributed by atoms with van der Waals surface area (Å²) in [6, 6.07) is 0. The highest BCUT2D eigenvalue weighted by Crippen LogP contribution is 2.27. The molecule has 0 heterocycles. The molecule has 0 aromatic rings. The smallest absolute Gasteiger partial charge is 0.427 e. The van der Waals surface area contributed by atoms with Crippen LogP contribution in [0.4, 0.5) is 0 Å². The van der Waals surface area contributed by atoms with Crippen molar-refractivity contribution in [1.29, 1.82) is 0 Å². The van der Waals surface area contributed by atoms with Crippen LogP contribution in [0.5, 0.6) is 0 Å². The van der Waals surface area contributed by atoms with Gasteiger partial charge in [-0.25, -0.2) is 0 Å². The Balaban J connectivity index is 2.33. The van der Waals surface area contributed by atoms with Gasteiger partial charge in [0.2, 0.25) is 0 Å². The Morgan fingerprint density at radius 3 is 2.20 bits per heavy atom. The maximum atomic E-state index is 10.7. The fourth-order valence-electron chi connectivity index (χ4n) is 1.26. The van der Waals surface area contributed by atoms with Gasteiger partial charge < -0.3 is 10.0 Å². The lowest BCUT2D eigenvalue weighted by Crippen LogP contribution is -2.24. The van der Waals surface area contributed by atoms with Crippen LogP contribution in [-0.4, -0.2) is 22.9 Å². The van der Waals surface area contributed by atoms with Gasteiger partial charge in [0.15, 0.2) is 0 Å². The summed E-state index contributed by atoms with van der Waals surface area (Å²) in [5.74, 6) is 0.176. The number of ketones is 1. The van der Waals surface area contributed by atoms with Crippen molar-refractivity contribution in [3.63, 3.8) is 0 Å². The highest BCUT2D eigenvalue weighted by Gasteiger charge is 2.27. The van der Waals surface area contributed by atoms with Crippen LogP contribution in [0.25, 0.3) is 0 Å². The van der Waals surface area contributed by atoms with E-state index in [-0.39, 0.29) is 11.6 Å². The minimum atomic E-state index is -1.23. The average Bonchev–Trinajstić information content (AvgIpc) is 1.88. The summed E-state index contributed by atoms with van der Waals surface area (Å²) in [6.45, 7) is 0. The van der Waals surface area contributed by atoms with Crippen molar-refractivity contribution in [3.05, 3.63) is 0 Å². The van der Waals surface area contributed by atoms with Gasteiger partial charge in [0.05, 0.1) is 0 Å². The summed E-state index contributed by atoms with van der Waals surface area (Å²) in [6.07, 6.45) is 2.30. The number of Topliss-reactive ketones (excluding diaryl/α,β-unsaturated/α-hetero) is 1. The van der Waals surface area contributed by atoms with Crippen molar-refractivity contribution in [1.82, 2.24) is 0 Å². The van der Waals surface area contributed by atoms with Crippen LogP contribution in [0.3, 0.4) is 0 Å².